The molecule has 1 heterocycles. The van der Waals surface area contributed by atoms with Gasteiger partial charge in [0.1, 0.15) is 5.75 Å². The van der Waals surface area contributed by atoms with Crippen LogP contribution >= 0.6 is 0 Å². The number of rotatable bonds is 5. The van der Waals surface area contributed by atoms with Crippen LogP contribution in [0.2, 0.25) is 0 Å². The van der Waals surface area contributed by atoms with Crippen molar-refractivity contribution in [3.8, 4) is 5.75 Å². The zero-order valence-electron chi connectivity index (χ0n) is 9.63. The third-order valence-electron chi connectivity index (χ3n) is 2.58. The molecule has 1 N–H and O–H groups in total. The normalized spacial score (nSPS) is 10.2. The van der Waals surface area contributed by atoms with Crippen molar-refractivity contribution in [2.75, 3.05) is 0 Å². The monoisotopic (exact) mass is 244 g/mol. The second kappa shape index (κ2) is 5.31. The quantitative estimate of drug-likeness (QED) is 0.821. The smallest absolute Gasteiger partial charge is 0.198 e. The standard InChI is InChI=1S/C14H12O4/c15-11-5-2-1-4-10(11)12(16)7-8-13(17)14-6-3-9-18-14/h1-6,9,15H,7-8H2. The average Bonchev–Trinajstić information content (AvgIpc) is 2.90. The Labute approximate surface area is 104 Å². The van der Waals surface area contributed by atoms with Gasteiger partial charge < -0.3 is 9.52 Å². The van der Waals surface area contributed by atoms with Gasteiger partial charge in [0, 0.05) is 12.8 Å². The van der Waals surface area contributed by atoms with Gasteiger partial charge in [-0.05, 0) is 24.3 Å². The fraction of sp³-hybridized carbons (Fsp3) is 0.143. The summed E-state index contributed by atoms with van der Waals surface area (Å²) in [4.78, 5) is 23.4. The number of benzene rings is 1. The minimum absolute atomic E-state index is 0.0527. The molecule has 92 valence electrons. The molecule has 0 aliphatic heterocycles. The fourth-order valence-electron chi connectivity index (χ4n) is 1.63. The molecule has 2 rings (SSSR count). The molecule has 0 bridgehead atoms. The number of carbonyl (C=O) groups is 2. The van der Waals surface area contributed by atoms with E-state index in [9.17, 15) is 14.7 Å². The summed E-state index contributed by atoms with van der Waals surface area (Å²) < 4.78 is 4.95. The van der Waals surface area contributed by atoms with Crippen LogP contribution in [0, 0.1) is 0 Å². The molecule has 1 aromatic heterocycles. The highest BCUT2D eigenvalue weighted by Crippen LogP contribution is 2.18. The van der Waals surface area contributed by atoms with Crippen molar-refractivity contribution in [1.29, 1.82) is 0 Å². The molecule has 0 aliphatic carbocycles. The molecule has 0 atom stereocenters. The summed E-state index contributed by atoms with van der Waals surface area (Å²) in [6.45, 7) is 0. The number of hydrogen-bond acceptors (Lipinski definition) is 4. The predicted molar refractivity (Wildman–Crippen MR) is 64.7 cm³/mol. The van der Waals surface area contributed by atoms with Gasteiger partial charge in [0.15, 0.2) is 17.3 Å². The van der Waals surface area contributed by atoms with E-state index in [-0.39, 0.29) is 41.5 Å². The molecule has 1 aromatic carbocycles. The van der Waals surface area contributed by atoms with Crippen LogP contribution < -0.4 is 0 Å². The lowest BCUT2D eigenvalue weighted by molar-refractivity contribution is 0.0901. The first-order valence-corrected chi connectivity index (χ1v) is 5.56. The lowest BCUT2D eigenvalue weighted by Gasteiger charge is -2.02. The van der Waals surface area contributed by atoms with Gasteiger partial charge in [-0.15, -0.1) is 0 Å². The van der Waals surface area contributed by atoms with E-state index >= 15 is 0 Å². The number of aromatic hydroxyl groups is 1. The van der Waals surface area contributed by atoms with E-state index in [2.05, 4.69) is 0 Å². The second-order valence-electron chi connectivity index (χ2n) is 3.84. The molecule has 0 fully saturated rings. The van der Waals surface area contributed by atoms with E-state index in [4.69, 9.17) is 4.42 Å². The molecular weight excluding hydrogens is 232 g/mol. The van der Waals surface area contributed by atoms with Crippen LogP contribution in [0.1, 0.15) is 33.8 Å². The van der Waals surface area contributed by atoms with Crippen LogP contribution in [0.25, 0.3) is 0 Å². The Morgan fingerprint density at radius 3 is 2.39 bits per heavy atom. The van der Waals surface area contributed by atoms with Crippen LogP contribution in [-0.2, 0) is 0 Å². The number of hydrogen-bond donors (Lipinski definition) is 1. The molecule has 2 aromatic rings. The van der Waals surface area contributed by atoms with Crippen LogP contribution in [-0.4, -0.2) is 16.7 Å². The van der Waals surface area contributed by atoms with Crippen molar-refractivity contribution in [1.82, 2.24) is 0 Å². The molecule has 18 heavy (non-hydrogen) atoms. The van der Waals surface area contributed by atoms with Gasteiger partial charge in [0.25, 0.3) is 0 Å². The number of Topliss-reactive ketones (excluding diaryl/α,β-unsaturated/α-hetero) is 2. The fourth-order valence-corrected chi connectivity index (χ4v) is 1.63. The summed E-state index contributed by atoms with van der Waals surface area (Å²) in [6.07, 6.45) is 1.54. The van der Waals surface area contributed by atoms with Crippen molar-refractivity contribution in [2.45, 2.75) is 12.8 Å². The first-order valence-electron chi connectivity index (χ1n) is 5.56. The van der Waals surface area contributed by atoms with Crippen molar-refractivity contribution < 1.29 is 19.1 Å². The topological polar surface area (TPSA) is 67.5 Å². The van der Waals surface area contributed by atoms with Crippen LogP contribution in [0.3, 0.4) is 0 Å². The van der Waals surface area contributed by atoms with E-state index < -0.39 is 0 Å². The summed E-state index contributed by atoms with van der Waals surface area (Å²) in [5.41, 5.74) is 0.241. The molecule has 0 aliphatic rings. The number of phenols is 1. The second-order valence-corrected chi connectivity index (χ2v) is 3.84. The summed E-state index contributed by atoms with van der Waals surface area (Å²) in [7, 11) is 0. The Bertz CT molecular complexity index is 555. The number of para-hydroxylation sites is 1. The van der Waals surface area contributed by atoms with Crippen LogP contribution in [0.5, 0.6) is 5.75 Å². The lowest BCUT2D eigenvalue weighted by Crippen LogP contribution is -2.04. The first-order chi connectivity index (χ1) is 8.68. The average molecular weight is 244 g/mol. The molecule has 0 spiro atoms. The number of carbonyl (C=O) groups excluding carboxylic acids is 2. The zero-order valence-corrected chi connectivity index (χ0v) is 9.63. The Hall–Kier alpha value is -2.36. The maximum absolute atomic E-state index is 11.8. The van der Waals surface area contributed by atoms with Gasteiger partial charge in [-0.2, -0.15) is 0 Å². The van der Waals surface area contributed by atoms with Gasteiger partial charge in [0.05, 0.1) is 11.8 Å². The number of furan rings is 1. The minimum atomic E-state index is -0.256. The summed E-state index contributed by atoms with van der Waals surface area (Å²) in [6, 6.07) is 9.48. The van der Waals surface area contributed by atoms with Crippen molar-refractivity contribution in [3.05, 3.63) is 54.0 Å². The number of phenolic OH excluding ortho intramolecular Hbond substituents is 1. The van der Waals surface area contributed by atoms with Crippen molar-refractivity contribution in [2.24, 2.45) is 0 Å². The minimum Gasteiger partial charge on any atom is -0.507 e. The van der Waals surface area contributed by atoms with E-state index in [0.717, 1.165) is 0 Å². The van der Waals surface area contributed by atoms with Crippen molar-refractivity contribution in [3.63, 3.8) is 0 Å². The summed E-state index contributed by atoms with van der Waals surface area (Å²) >= 11 is 0. The zero-order chi connectivity index (χ0) is 13.0. The third kappa shape index (κ3) is 2.66. The van der Waals surface area contributed by atoms with Crippen LogP contribution in [0.15, 0.2) is 47.1 Å². The third-order valence-corrected chi connectivity index (χ3v) is 2.58. The highest BCUT2D eigenvalue weighted by molar-refractivity contribution is 6.02. The molecule has 0 amide bonds. The Balaban J connectivity index is 1.97. The molecule has 0 saturated carbocycles. The SMILES string of the molecule is O=C(CCC(=O)c1ccccc1O)c1ccco1. The Morgan fingerprint density at radius 2 is 1.72 bits per heavy atom. The highest BCUT2D eigenvalue weighted by Gasteiger charge is 2.14. The van der Waals surface area contributed by atoms with Crippen molar-refractivity contribution >= 4 is 11.6 Å². The lowest BCUT2D eigenvalue weighted by atomic mass is 10.0. The van der Waals surface area contributed by atoms with E-state index in [1.807, 2.05) is 0 Å². The van der Waals surface area contributed by atoms with Gasteiger partial charge in [-0.25, -0.2) is 0 Å². The molecular formula is C14H12O4. The first kappa shape index (κ1) is 12.1. The summed E-state index contributed by atoms with van der Waals surface area (Å²) in [5, 5.41) is 9.51. The Morgan fingerprint density at radius 1 is 1.00 bits per heavy atom. The number of ketones is 2. The van der Waals surface area contributed by atoms with E-state index in [1.165, 1.54) is 18.4 Å². The van der Waals surface area contributed by atoms with E-state index in [1.54, 1.807) is 24.3 Å². The van der Waals surface area contributed by atoms with Gasteiger partial charge >= 0.3 is 0 Å². The predicted octanol–water partition coefficient (Wildman–Crippen LogP) is 2.83. The molecule has 4 nitrogen and oxygen atoms in total. The van der Waals surface area contributed by atoms with E-state index in [0.29, 0.717) is 0 Å². The van der Waals surface area contributed by atoms with Gasteiger partial charge in [0.2, 0.25) is 0 Å². The molecule has 0 saturated heterocycles. The molecule has 0 unspecified atom stereocenters. The maximum atomic E-state index is 11.8. The Kier molecular flexibility index (Phi) is 3.57. The molecule has 0 radical (unpaired) electrons. The molecule has 4 heteroatoms. The van der Waals surface area contributed by atoms with Gasteiger partial charge in [-0.3, -0.25) is 9.59 Å². The maximum Gasteiger partial charge on any atom is 0.198 e. The highest BCUT2D eigenvalue weighted by atomic mass is 16.3. The summed E-state index contributed by atoms with van der Waals surface area (Å²) in [5.74, 6) is -0.287. The van der Waals surface area contributed by atoms with Gasteiger partial charge in [-0.1, -0.05) is 12.1 Å². The largest absolute Gasteiger partial charge is 0.507 e. The van der Waals surface area contributed by atoms with Crippen LogP contribution in [0.4, 0.5) is 0 Å².